The summed E-state index contributed by atoms with van der Waals surface area (Å²) in [6.07, 6.45) is 2.02. The van der Waals surface area contributed by atoms with Crippen LogP contribution in [0.5, 0.6) is 0 Å². The third kappa shape index (κ3) is 4.84. The maximum Gasteiger partial charge on any atom is 0.165 e. The normalized spacial score (nSPS) is 16.2. The molecule has 0 atom stereocenters. The van der Waals surface area contributed by atoms with Crippen LogP contribution in [0.1, 0.15) is 40.5 Å². The lowest BCUT2D eigenvalue weighted by molar-refractivity contribution is -0.252. The van der Waals surface area contributed by atoms with Crippen molar-refractivity contribution in [3.8, 4) is 0 Å². The smallest absolute Gasteiger partial charge is 0.165 e. The van der Waals surface area contributed by atoms with Gasteiger partial charge in [-0.05, 0) is 46.5 Å². The van der Waals surface area contributed by atoms with Crippen LogP contribution in [0.2, 0.25) is 0 Å². The average molecular weight is 260 g/mol. The van der Waals surface area contributed by atoms with Gasteiger partial charge in [-0.2, -0.15) is 0 Å². The van der Waals surface area contributed by atoms with Gasteiger partial charge in [0.2, 0.25) is 0 Å². The Morgan fingerprint density at radius 1 is 0.722 bits per heavy atom. The zero-order chi connectivity index (χ0) is 13.4. The van der Waals surface area contributed by atoms with Crippen LogP contribution in [0.3, 0.4) is 0 Å². The van der Waals surface area contributed by atoms with Crippen LogP contribution >= 0.6 is 0 Å². The van der Waals surface area contributed by atoms with Gasteiger partial charge in [-0.3, -0.25) is 0 Å². The Morgan fingerprint density at radius 2 is 1.06 bits per heavy atom. The maximum atomic E-state index is 5.74. The number of hydrogen-bond donors (Lipinski definition) is 0. The highest BCUT2D eigenvalue weighted by atomic mass is 16.7. The van der Waals surface area contributed by atoms with E-state index in [1.54, 1.807) is 0 Å². The molecule has 0 bridgehead atoms. The predicted molar refractivity (Wildman–Crippen MR) is 70.3 cm³/mol. The van der Waals surface area contributed by atoms with E-state index >= 15 is 0 Å². The number of rotatable bonds is 11. The molecule has 0 unspecified atom stereocenters. The second kappa shape index (κ2) is 8.86. The minimum atomic E-state index is -0.212. The summed E-state index contributed by atoms with van der Waals surface area (Å²) < 4.78 is 22.9. The monoisotopic (exact) mass is 260 g/mol. The van der Waals surface area contributed by atoms with E-state index in [1.165, 1.54) is 12.8 Å². The van der Waals surface area contributed by atoms with Crippen molar-refractivity contribution in [2.24, 2.45) is 11.8 Å². The molecule has 0 saturated heterocycles. The fraction of sp³-hybridized carbons (Fsp3) is 1.00. The van der Waals surface area contributed by atoms with Crippen LogP contribution in [-0.2, 0) is 18.9 Å². The highest BCUT2D eigenvalue weighted by molar-refractivity contribution is 4.86. The molecule has 0 aromatic carbocycles. The summed E-state index contributed by atoms with van der Waals surface area (Å²) in [5.41, 5.74) is 0. The lowest BCUT2D eigenvalue weighted by atomic mass is 10.0. The van der Waals surface area contributed by atoms with Gasteiger partial charge in [-0.15, -0.1) is 0 Å². The first-order valence-corrected chi connectivity index (χ1v) is 7.24. The van der Waals surface area contributed by atoms with Crippen LogP contribution in [0, 0.1) is 11.8 Å². The molecule has 1 aliphatic rings. The third-order valence-corrected chi connectivity index (χ3v) is 3.12. The van der Waals surface area contributed by atoms with Gasteiger partial charge in [0.15, 0.2) is 12.6 Å². The molecule has 4 nitrogen and oxygen atoms in total. The maximum absolute atomic E-state index is 5.74. The molecule has 0 radical (unpaired) electrons. The summed E-state index contributed by atoms with van der Waals surface area (Å²) in [5, 5.41) is 0. The van der Waals surface area contributed by atoms with Crippen molar-refractivity contribution in [3.05, 3.63) is 0 Å². The van der Waals surface area contributed by atoms with Crippen LogP contribution in [0.4, 0.5) is 0 Å². The van der Waals surface area contributed by atoms with E-state index in [1.807, 2.05) is 27.7 Å². The molecular weight excluding hydrogens is 232 g/mol. The fourth-order valence-corrected chi connectivity index (χ4v) is 2.25. The van der Waals surface area contributed by atoms with Crippen LogP contribution in [0.15, 0.2) is 0 Å². The lowest BCUT2D eigenvalue weighted by Gasteiger charge is -2.32. The Balaban J connectivity index is 2.68. The van der Waals surface area contributed by atoms with E-state index < -0.39 is 0 Å². The molecule has 108 valence electrons. The average Bonchev–Trinajstić information content (AvgIpc) is 3.15. The standard InChI is InChI=1S/C14H28O4/c1-5-15-13(16-6-2)12(11-9-10-11)14(17-7-3)18-8-4/h11-14H,5-10H2,1-4H3. The third-order valence-electron chi connectivity index (χ3n) is 3.12. The van der Waals surface area contributed by atoms with Gasteiger partial charge in [0, 0.05) is 26.4 Å². The number of ether oxygens (including phenoxy) is 4. The Morgan fingerprint density at radius 3 is 1.28 bits per heavy atom. The molecule has 1 saturated carbocycles. The summed E-state index contributed by atoms with van der Waals surface area (Å²) in [6.45, 7) is 10.6. The molecule has 0 N–H and O–H groups in total. The van der Waals surface area contributed by atoms with Gasteiger partial charge in [-0.1, -0.05) is 0 Å². The zero-order valence-corrected chi connectivity index (χ0v) is 12.2. The summed E-state index contributed by atoms with van der Waals surface area (Å²) in [5.74, 6) is 0.793. The van der Waals surface area contributed by atoms with Crippen molar-refractivity contribution in [2.45, 2.75) is 53.1 Å². The molecule has 1 aliphatic carbocycles. The molecule has 0 heterocycles. The zero-order valence-electron chi connectivity index (χ0n) is 12.2. The Bertz CT molecular complexity index is 178. The van der Waals surface area contributed by atoms with Gasteiger partial charge < -0.3 is 18.9 Å². The van der Waals surface area contributed by atoms with Gasteiger partial charge in [0.05, 0.1) is 5.92 Å². The number of hydrogen-bond acceptors (Lipinski definition) is 4. The molecule has 1 rings (SSSR count). The van der Waals surface area contributed by atoms with Gasteiger partial charge in [0.25, 0.3) is 0 Å². The first-order valence-electron chi connectivity index (χ1n) is 7.24. The Kier molecular flexibility index (Phi) is 7.82. The fourth-order valence-electron chi connectivity index (χ4n) is 2.25. The van der Waals surface area contributed by atoms with Gasteiger partial charge in [-0.25, -0.2) is 0 Å². The summed E-state index contributed by atoms with van der Waals surface area (Å²) in [6, 6.07) is 0. The lowest BCUT2D eigenvalue weighted by Crippen LogP contribution is -2.40. The van der Waals surface area contributed by atoms with E-state index in [0.717, 1.165) is 0 Å². The molecule has 4 heteroatoms. The van der Waals surface area contributed by atoms with E-state index in [9.17, 15) is 0 Å². The Hall–Kier alpha value is -0.160. The van der Waals surface area contributed by atoms with Crippen molar-refractivity contribution in [1.29, 1.82) is 0 Å². The van der Waals surface area contributed by atoms with Gasteiger partial charge in [0.1, 0.15) is 0 Å². The van der Waals surface area contributed by atoms with Crippen molar-refractivity contribution >= 4 is 0 Å². The van der Waals surface area contributed by atoms with E-state index in [0.29, 0.717) is 32.3 Å². The SMILES string of the molecule is CCOC(OCC)C(C1CC1)C(OCC)OCC. The van der Waals surface area contributed by atoms with Crippen LogP contribution in [0.25, 0.3) is 0 Å². The summed E-state index contributed by atoms with van der Waals surface area (Å²) in [7, 11) is 0. The quantitative estimate of drug-likeness (QED) is 0.535. The molecule has 0 spiro atoms. The van der Waals surface area contributed by atoms with Crippen LogP contribution in [-0.4, -0.2) is 39.0 Å². The molecule has 1 fully saturated rings. The molecule has 0 aromatic rings. The van der Waals surface area contributed by atoms with E-state index in [4.69, 9.17) is 18.9 Å². The first-order chi connectivity index (χ1) is 8.78. The minimum Gasteiger partial charge on any atom is -0.352 e. The molecule has 0 aliphatic heterocycles. The van der Waals surface area contributed by atoms with E-state index in [2.05, 4.69) is 0 Å². The molecule has 0 amide bonds. The molecule has 0 aromatic heterocycles. The van der Waals surface area contributed by atoms with Crippen molar-refractivity contribution in [1.82, 2.24) is 0 Å². The second-order valence-electron chi connectivity index (χ2n) is 4.47. The molecular formula is C14H28O4. The minimum absolute atomic E-state index is 0.185. The van der Waals surface area contributed by atoms with Crippen LogP contribution < -0.4 is 0 Å². The summed E-state index contributed by atoms with van der Waals surface area (Å²) in [4.78, 5) is 0. The topological polar surface area (TPSA) is 36.9 Å². The van der Waals surface area contributed by atoms with E-state index in [-0.39, 0.29) is 18.5 Å². The van der Waals surface area contributed by atoms with Crippen molar-refractivity contribution in [2.75, 3.05) is 26.4 Å². The van der Waals surface area contributed by atoms with Crippen molar-refractivity contribution < 1.29 is 18.9 Å². The first kappa shape index (κ1) is 15.9. The summed E-state index contributed by atoms with van der Waals surface area (Å²) >= 11 is 0. The highest BCUT2D eigenvalue weighted by Gasteiger charge is 2.43. The second-order valence-corrected chi connectivity index (χ2v) is 4.47. The predicted octanol–water partition coefficient (Wildman–Crippen LogP) is 2.81. The highest BCUT2D eigenvalue weighted by Crippen LogP contribution is 2.42. The van der Waals surface area contributed by atoms with Crippen molar-refractivity contribution in [3.63, 3.8) is 0 Å². The Labute approximate surface area is 111 Å². The largest absolute Gasteiger partial charge is 0.352 e. The molecule has 18 heavy (non-hydrogen) atoms. The van der Waals surface area contributed by atoms with Gasteiger partial charge >= 0.3 is 0 Å².